The molecule has 13 heteroatoms. The number of nitrogens with zero attached hydrogens (tertiary/aromatic N) is 4. The Bertz CT molecular complexity index is 1950. The Morgan fingerprint density at radius 1 is 1.02 bits per heavy atom. The molecule has 4 bridgehead atoms. The van der Waals surface area contributed by atoms with Crippen molar-refractivity contribution < 1.29 is 22.7 Å². The number of carbonyl (C=O) groups is 1. The van der Waals surface area contributed by atoms with Crippen molar-refractivity contribution in [3.05, 3.63) is 88.8 Å². The van der Waals surface area contributed by atoms with Crippen molar-refractivity contribution in [3.63, 3.8) is 0 Å². The van der Waals surface area contributed by atoms with Crippen LogP contribution in [0.25, 0.3) is 5.82 Å². The summed E-state index contributed by atoms with van der Waals surface area (Å²) in [5, 5.41) is 10.9. The molecule has 5 heterocycles. The summed E-state index contributed by atoms with van der Waals surface area (Å²) in [6.45, 7) is 6.47. The lowest BCUT2D eigenvalue weighted by Crippen LogP contribution is -2.47. The molecule has 5 aliphatic rings. The Balaban J connectivity index is 1.08. The van der Waals surface area contributed by atoms with E-state index < -0.39 is 22.1 Å². The number of amides is 1. The maximum atomic E-state index is 14.1. The molecule has 1 aromatic carbocycles. The number of aromatic nitrogens is 3. The van der Waals surface area contributed by atoms with Crippen molar-refractivity contribution >= 4 is 21.7 Å². The topological polar surface area (TPSA) is 140 Å². The van der Waals surface area contributed by atoms with Crippen molar-refractivity contribution in [2.45, 2.75) is 83.5 Å². The van der Waals surface area contributed by atoms with Crippen LogP contribution in [0.15, 0.2) is 77.7 Å². The summed E-state index contributed by atoms with van der Waals surface area (Å²) < 4.78 is 44.0. The van der Waals surface area contributed by atoms with Crippen molar-refractivity contribution in [1.29, 1.82) is 0 Å². The highest BCUT2D eigenvalue weighted by Crippen LogP contribution is 2.65. The van der Waals surface area contributed by atoms with Gasteiger partial charge in [0.05, 0.1) is 18.3 Å². The second-order valence-corrected chi connectivity index (χ2v) is 17.0. The first kappa shape index (κ1) is 33.8. The zero-order chi connectivity index (χ0) is 35.2. The Kier molecular flexibility index (Phi) is 8.82. The molecular weight excluding hydrogens is 667 g/mol. The van der Waals surface area contributed by atoms with E-state index in [1.54, 1.807) is 29.1 Å². The molecule has 2 aliphatic carbocycles. The molecule has 3 aromatic rings. The fraction of sp³-hybridized carbons (Fsp3) is 0.500. The number of nitrogens with one attached hydrogen (secondary N) is 3. The zero-order valence-electron chi connectivity index (χ0n) is 29.3. The monoisotopic (exact) mass is 713 g/mol. The first-order valence-corrected chi connectivity index (χ1v) is 19.7. The quantitative estimate of drug-likeness (QED) is 0.288. The molecule has 270 valence electrons. The van der Waals surface area contributed by atoms with E-state index in [1.807, 2.05) is 42.5 Å². The Morgan fingerprint density at radius 3 is 2.65 bits per heavy atom. The standard InChI is InChI=1S/C38H47N7O5S/c1-37(2)23-27-9-6-20-39-31-12-11-30(50-25-26-7-4-3-5-8-26)36(40-31)51(47,48)43-35(46)29-10-13-32(41-34(29)44(37)24-27)45-21-15-33(42-45)49-22-16-28-14-17-38(28)18-19-38/h3-5,7-8,10-13,15,21,27-28,31,39-40H,6,9,14,16-20,22-25H2,1-2H3,(H,43,46)/t27-,28?,31?/m0/s1. The maximum absolute atomic E-state index is 14.1. The fourth-order valence-corrected chi connectivity index (χ4v) is 9.45. The van der Waals surface area contributed by atoms with Crippen molar-refractivity contribution in [1.82, 2.24) is 30.1 Å². The number of rotatable bonds is 8. The van der Waals surface area contributed by atoms with E-state index in [1.165, 1.54) is 25.7 Å². The average molecular weight is 714 g/mol. The molecule has 1 amide bonds. The smallest absolute Gasteiger partial charge is 0.283 e. The van der Waals surface area contributed by atoms with Crippen LogP contribution in [-0.4, -0.2) is 60.5 Å². The second kappa shape index (κ2) is 13.3. The summed E-state index contributed by atoms with van der Waals surface area (Å²) in [6, 6.07) is 14.7. The first-order valence-electron chi connectivity index (χ1n) is 18.2. The van der Waals surface area contributed by atoms with Crippen LogP contribution < -0.4 is 25.0 Å². The lowest BCUT2D eigenvalue weighted by molar-refractivity contribution is 0.0981. The van der Waals surface area contributed by atoms with Crippen LogP contribution >= 0.6 is 0 Å². The van der Waals surface area contributed by atoms with Crippen LogP contribution in [0.2, 0.25) is 0 Å². The highest BCUT2D eigenvalue weighted by molar-refractivity contribution is 7.93. The van der Waals surface area contributed by atoms with Crippen LogP contribution in [-0.2, 0) is 21.4 Å². The molecule has 2 unspecified atom stereocenters. The van der Waals surface area contributed by atoms with Crippen LogP contribution in [0.1, 0.15) is 81.1 Å². The van der Waals surface area contributed by atoms with Crippen LogP contribution in [0.4, 0.5) is 5.82 Å². The van der Waals surface area contributed by atoms with Gasteiger partial charge in [-0.1, -0.05) is 30.3 Å². The van der Waals surface area contributed by atoms with Gasteiger partial charge in [0, 0.05) is 24.3 Å². The van der Waals surface area contributed by atoms with Gasteiger partial charge in [0.15, 0.2) is 16.6 Å². The van der Waals surface area contributed by atoms with Gasteiger partial charge in [-0.05, 0) is 119 Å². The Labute approximate surface area is 299 Å². The summed E-state index contributed by atoms with van der Waals surface area (Å²) in [5.74, 6) is 1.95. The van der Waals surface area contributed by atoms with Gasteiger partial charge in [0.25, 0.3) is 15.9 Å². The Morgan fingerprint density at radius 2 is 1.86 bits per heavy atom. The van der Waals surface area contributed by atoms with Crippen LogP contribution in [0, 0.1) is 17.3 Å². The summed E-state index contributed by atoms with van der Waals surface area (Å²) >= 11 is 0. The number of sulfonamides is 1. The van der Waals surface area contributed by atoms with Crippen LogP contribution in [0.3, 0.4) is 0 Å². The number of hydrogen-bond donors (Lipinski definition) is 3. The molecule has 3 fully saturated rings. The fourth-order valence-electron chi connectivity index (χ4n) is 8.32. The number of allylic oxidation sites excluding steroid dienone is 1. The molecule has 3 atom stereocenters. The molecule has 1 saturated heterocycles. The minimum absolute atomic E-state index is 0.121. The largest absolute Gasteiger partial charge is 0.486 e. The van der Waals surface area contributed by atoms with Gasteiger partial charge in [-0.3, -0.25) is 10.1 Å². The van der Waals surface area contributed by atoms with E-state index in [-0.39, 0.29) is 28.5 Å². The van der Waals surface area contributed by atoms with E-state index in [9.17, 15) is 13.2 Å². The maximum Gasteiger partial charge on any atom is 0.283 e. The summed E-state index contributed by atoms with van der Waals surface area (Å²) in [5.41, 5.74) is 1.34. The number of anilines is 1. The van der Waals surface area contributed by atoms with Gasteiger partial charge >= 0.3 is 0 Å². The number of benzene rings is 1. The number of fused-ring (bicyclic) bond motifs is 6. The number of ether oxygens (including phenoxy) is 2. The van der Waals surface area contributed by atoms with Gasteiger partial charge in [0.2, 0.25) is 5.88 Å². The lowest BCUT2D eigenvalue weighted by atomic mass is 9.69. The number of dihydropyridines is 1. The van der Waals surface area contributed by atoms with E-state index in [2.05, 4.69) is 39.2 Å². The molecule has 3 N–H and O–H groups in total. The first-order chi connectivity index (χ1) is 24.6. The molecule has 2 aromatic heterocycles. The predicted octanol–water partition coefficient (Wildman–Crippen LogP) is 5.15. The number of hydrogen-bond acceptors (Lipinski definition) is 10. The SMILES string of the molecule is CC1(C)C[C@@H]2CCCNC3C=CC(OCc4ccccc4)=C(N3)S(=O)(=O)NC(=O)c3ccc(-n4ccc(OCCC5CCC56CC6)n4)nc3N1C2. The Hall–Kier alpha value is -4.36. The molecular formula is C38H47N7O5S. The van der Waals surface area contributed by atoms with Gasteiger partial charge in [-0.15, -0.1) is 5.10 Å². The summed E-state index contributed by atoms with van der Waals surface area (Å²) in [7, 11) is -4.40. The normalized spacial score (nSPS) is 25.9. The summed E-state index contributed by atoms with van der Waals surface area (Å²) in [6.07, 6.45) is 14.1. The van der Waals surface area contributed by atoms with Crippen molar-refractivity contribution in [2.75, 3.05) is 24.6 Å². The predicted molar refractivity (Wildman–Crippen MR) is 193 cm³/mol. The van der Waals surface area contributed by atoms with E-state index in [4.69, 9.17) is 14.5 Å². The van der Waals surface area contributed by atoms with E-state index in [0.29, 0.717) is 48.5 Å². The average Bonchev–Trinajstić information content (AvgIpc) is 3.73. The van der Waals surface area contributed by atoms with Crippen molar-refractivity contribution in [2.24, 2.45) is 17.3 Å². The minimum Gasteiger partial charge on any atom is -0.486 e. The molecule has 0 radical (unpaired) electrons. The van der Waals surface area contributed by atoms with E-state index >= 15 is 0 Å². The molecule has 12 nitrogen and oxygen atoms in total. The molecule has 8 rings (SSSR count). The molecule has 1 spiro atoms. The van der Waals surface area contributed by atoms with Gasteiger partial charge in [-0.2, -0.15) is 8.42 Å². The highest BCUT2D eigenvalue weighted by atomic mass is 32.2. The number of carbonyl (C=O) groups excluding carboxylic acids is 1. The summed E-state index contributed by atoms with van der Waals surface area (Å²) in [4.78, 5) is 21.2. The van der Waals surface area contributed by atoms with E-state index in [0.717, 1.165) is 37.2 Å². The lowest BCUT2D eigenvalue weighted by Gasteiger charge is -2.37. The third-order valence-electron chi connectivity index (χ3n) is 11.4. The highest BCUT2D eigenvalue weighted by Gasteiger charge is 2.54. The molecule has 51 heavy (non-hydrogen) atoms. The number of pyridine rings is 1. The van der Waals surface area contributed by atoms with Gasteiger partial charge in [0.1, 0.15) is 12.4 Å². The third-order valence-corrected chi connectivity index (χ3v) is 12.7. The zero-order valence-corrected chi connectivity index (χ0v) is 30.1. The second-order valence-electron chi connectivity index (χ2n) is 15.3. The molecule has 2 saturated carbocycles. The minimum atomic E-state index is -4.40. The van der Waals surface area contributed by atoms with Gasteiger partial charge in [-0.25, -0.2) is 14.4 Å². The van der Waals surface area contributed by atoms with Gasteiger partial charge < -0.3 is 19.7 Å². The van der Waals surface area contributed by atoms with Crippen molar-refractivity contribution in [3.8, 4) is 11.7 Å². The molecule has 3 aliphatic heterocycles. The van der Waals surface area contributed by atoms with Crippen LogP contribution in [0.5, 0.6) is 5.88 Å². The third kappa shape index (κ3) is 6.97.